The molecule has 11 heteroatoms. The molecule has 1 amide bonds. The molecule has 0 aliphatic heterocycles. The fourth-order valence-corrected chi connectivity index (χ4v) is 3.98. The minimum absolute atomic E-state index is 0.0214. The molecule has 1 aliphatic carbocycles. The Morgan fingerprint density at radius 3 is 2.29 bits per heavy atom. The second-order valence-electron chi connectivity index (χ2n) is 9.09. The van der Waals surface area contributed by atoms with E-state index in [1.54, 1.807) is 0 Å². The number of aryl methyl sites for hydroxylation is 1. The van der Waals surface area contributed by atoms with E-state index in [0.29, 0.717) is 5.56 Å². The van der Waals surface area contributed by atoms with Crippen molar-refractivity contribution >= 4 is 29.2 Å². The van der Waals surface area contributed by atoms with Crippen molar-refractivity contribution in [1.82, 2.24) is 0 Å². The third-order valence-electron chi connectivity index (χ3n) is 6.30. The summed E-state index contributed by atoms with van der Waals surface area (Å²) in [5.74, 6) is -6.79. The lowest BCUT2D eigenvalue weighted by Crippen LogP contribution is -2.41. The molecule has 0 radical (unpaired) electrons. The summed E-state index contributed by atoms with van der Waals surface area (Å²) >= 11 is 6.09. The molecule has 194 valence electrons. The zero-order valence-corrected chi connectivity index (χ0v) is 20.0. The van der Waals surface area contributed by atoms with Crippen LogP contribution in [0.1, 0.15) is 39.2 Å². The number of alkyl halides is 6. The van der Waals surface area contributed by atoms with Crippen LogP contribution in [0.4, 0.5) is 32.0 Å². The number of carboxylic acids is 1. The van der Waals surface area contributed by atoms with E-state index in [-0.39, 0.29) is 35.5 Å². The van der Waals surface area contributed by atoms with Gasteiger partial charge in [0.1, 0.15) is 0 Å². The largest absolute Gasteiger partial charge is 0.481 e. The molecule has 0 saturated heterocycles. The normalized spacial score (nSPS) is 18.6. The highest BCUT2D eigenvalue weighted by Crippen LogP contribution is 2.47. The summed E-state index contributed by atoms with van der Waals surface area (Å²) in [6.45, 7) is 2.80. The van der Waals surface area contributed by atoms with Crippen molar-refractivity contribution in [2.45, 2.75) is 52.4 Å². The Balaban J connectivity index is 2.32. The standard InChI is InChI=1S/C24H26ClF6NO3/c1-13(23(26,27)28)20(15-6-8-16(9-7-15)22(2,3)24(29,30)31)21(35)32-18-12-14(4-10-17(18)25)5-11-19(33)34/h4,6,8-10,12-13,15,20H,5,7,11H2,1-3H3,(H,32,35)(H,33,34)/t13-,15?,20+/m1/s1. The molecule has 0 heterocycles. The fourth-order valence-electron chi connectivity index (χ4n) is 3.82. The molecule has 1 unspecified atom stereocenters. The van der Waals surface area contributed by atoms with Gasteiger partial charge in [-0.15, -0.1) is 0 Å². The molecule has 0 fully saturated rings. The number of carbonyl (C=O) groups is 2. The van der Waals surface area contributed by atoms with E-state index in [1.165, 1.54) is 30.4 Å². The average Bonchev–Trinajstić information content (AvgIpc) is 2.73. The minimum atomic E-state index is -4.74. The van der Waals surface area contributed by atoms with Crippen molar-refractivity contribution in [3.05, 3.63) is 52.6 Å². The Morgan fingerprint density at radius 2 is 1.80 bits per heavy atom. The number of hydrogen-bond donors (Lipinski definition) is 2. The lowest BCUT2D eigenvalue weighted by molar-refractivity contribution is -0.196. The Kier molecular flexibility index (Phi) is 8.74. The summed E-state index contributed by atoms with van der Waals surface area (Å²) in [6.07, 6.45) is -5.99. The van der Waals surface area contributed by atoms with Gasteiger partial charge in [0.05, 0.1) is 28.0 Å². The molecule has 2 N–H and O–H groups in total. The van der Waals surface area contributed by atoms with Gasteiger partial charge in [-0.3, -0.25) is 9.59 Å². The average molecular weight is 526 g/mol. The van der Waals surface area contributed by atoms with Crippen LogP contribution in [0, 0.1) is 23.2 Å². The van der Waals surface area contributed by atoms with Crippen LogP contribution in [0.5, 0.6) is 0 Å². The molecular formula is C24H26ClF6NO3. The Morgan fingerprint density at radius 1 is 1.17 bits per heavy atom. The van der Waals surface area contributed by atoms with Gasteiger partial charge in [0.25, 0.3) is 0 Å². The van der Waals surface area contributed by atoms with Crippen LogP contribution in [0.15, 0.2) is 42.0 Å². The van der Waals surface area contributed by atoms with E-state index in [9.17, 15) is 35.9 Å². The smallest absolute Gasteiger partial charge is 0.397 e. The maximum absolute atomic E-state index is 13.6. The van der Waals surface area contributed by atoms with E-state index in [4.69, 9.17) is 16.7 Å². The van der Waals surface area contributed by atoms with Gasteiger partial charge in [0.15, 0.2) is 0 Å². The van der Waals surface area contributed by atoms with Crippen molar-refractivity contribution in [3.63, 3.8) is 0 Å². The number of anilines is 1. The van der Waals surface area contributed by atoms with Gasteiger partial charge in [-0.05, 0) is 55.9 Å². The zero-order chi connectivity index (χ0) is 26.8. The number of carbonyl (C=O) groups excluding carboxylic acids is 1. The summed E-state index contributed by atoms with van der Waals surface area (Å²) < 4.78 is 81.0. The minimum Gasteiger partial charge on any atom is -0.481 e. The molecule has 35 heavy (non-hydrogen) atoms. The van der Waals surface area contributed by atoms with Crippen molar-refractivity contribution in [2.24, 2.45) is 23.2 Å². The first kappa shape index (κ1) is 28.7. The molecule has 0 saturated carbocycles. The van der Waals surface area contributed by atoms with E-state index in [2.05, 4.69) is 5.32 Å². The summed E-state index contributed by atoms with van der Waals surface area (Å²) in [7, 11) is 0. The van der Waals surface area contributed by atoms with E-state index in [1.807, 2.05) is 0 Å². The van der Waals surface area contributed by atoms with Crippen LogP contribution in [-0.2, 0) is 16.0 Å². The molecule has 1 aliphatic rings. The van der Waals surface area contributed by atoms with Gasteiger partial charge in [-0.25, -0.2) is 0 Å². The molecule has 1 aromatic rings. The van der Waals surface area contributed by atoms with Gasteiger partial charge in [0, 0.05) is 6.42 Å². The number of benzene rings is 1. The monoisotopic (exact) mass is 525 g/mol. The first-order valence-electron chi connectivity index (χ1n) is 10.8. The number of allylic oxidation sites excluding steroid dienone is 4. The molecule has 3 atom stereocenters. The Labute approximate surface area is 204 Å². The van der Waals surface area contributed by atoms with Gasteiger partial charge < -0.3 is 10.4 Å². The number of amides is 1. The first-order valence-corrected chi connectivity index (χ1v) is 11.2. The molecule has 0 bridgehead atoms. The topological polar surface area (TPSA) is 66.4 Å². The van der Waals surface area contributed by atoms with Gasteiger partial charge in [0.2, 0.25) is 5.91 Å². The van der Waals surface area contributed by atoms with Crippen molar-refractivity contribution in [2.75, 3.05) is 5.32 Å². The van der Waals surface area contributed by atoms with Crippen LogP contribution in [0.2, 0.25) is 5.02 Å². The third kappa shape index (κ3) is 7.02. The van der Waals surface area contributed by atoms with Crippen molar-refractivity contribution < 1.29 is 41.0 Å². The summed E-state index contributed by atoms with van der Waals surface area (Å²) in [5.41, 5.74) is -1.76. The SMILES string of the molecule is C[C@H]([C@H](C(=O)Nc1cc(CCC(=O)O)ccc1Cl)C1C=CC(C(C)(C)C(F)(F)F)=CC1)C(F)(F)F. The molecular weight excluding hydrogens is 500 g/mol. The summed E-state index contributed by atoms with van der Waals surface area (Å²) in [6, 6.07) is 4.32. The molecule has 1 aromatic carbocycles. The van der Waals surface area contributed by atoms with Crippen molar-refractivity contribution in [3.8, 4) is 0 Å². The van der Waals surface area contributed by atoms with Crippen LogP contribution >= 0.6 is 11.6 Å². The highest BCUT2D eigenvalue weighted by Gasteiger charge is 2.51. The van der Waals surface area contributed by atoms with Crippen LogP contribution in [-0.4, -0.2) is 29.3 Å². The highest BCUT2D eigenvalue weighted by atomic mass is 35.5. The number of hydrogen-bond acceptors (Lipinski definition) is 2. The molecule has 0 spiro atoms. The summed E-state index contributed by atoms with van der Waals surface area (Å²) in [5, 5.41) is 11.3. The highest BCUT2D eigenvalue weighted by molar-refractivity contribution is 6.33. The van der Waals surface area contributed by atoms with E-state index < -0.39 is 47.4 Å². The number of halogens is 7. The molecule has 0 aromatic heterocycles. The second kappa shape index (κ2) is 10.6. The van der Waals surface area contributed by atoms with Crippen LogP contribution in [0.3, 0.4) is 0 Å². The van der Waals surface area contributed by atoms with Gasteiger partial charge >= 0.3 is 18.3 Å². The van der Waals surface area contributed by atoms with E-state index >= 15 is 0 Å². The number of rotatable bonds is 8. The zero-order valence-electron chi connectivity index (χ0n) is 19.2. The lowest BCUT2D eigenvalue weighted by atomic mass is 9.73. The Hall–Kier alpha value is -2.49. The molecule has 4 nitrogen and oxygen atoms in total. The predicted octanol–water partition coefficient (Wildman–Crippen LogP) is 7.20. The number of carboxylic acid groups (broad SMARTS) is 1. The van der Waals surface area contributed by atoms with Gasteiger partial charge in [-0.1, -0.05) is 42.8 Å². The van der Waals surface area contributed by atoms with Crippen molar-refractivity contribution in [1.29, 1.82) is 0 Å². The third-order valence-corrected chi connectivity index (χ3v) is 6.63. The molecule has 2 rings (SSSR count). The number of nitrogens with one attached hydrogen (secondary N) is 1. The number of aliphatic carboxylic acids is 1. The lowest BCUT2D eigenvalue weighted by Gasteiger charge is -2.34. The maximum atomic E-state index is 13.6. The van der Waals surface area contributed by atoms with Crippen LogP contribution < -0.4 is 5.32 Å². The van der Waals surface area contributed by atoms with E-state index in [0.717, 1.165) is 26.8 Å². The fraction of sp³-hybridized carbons (Fsp3) is 0.500. The predicted molar refractivity (Wildman–Crippen MR) is 120 cm³/mol. The van der Waals surface area contributed by atoms with Gasteiger partial charge in [-0.2, -0.15) is 26.3 Å². The quantitative estimate of drug-likeness (QED) is 0.353. The second-order valence-corrected chi connectivity index (χ2v) is 9.50. The first-order chi connectivity index (χ1) is 15.9. The summed E-state index contributed by atoms with van der Waals surface area (Å²) in [4.78, 5) is 23.9. The Bertz CT molecular complexity index is 1010. The maximum Gasteiger partial charge on any atom is 0.397 e. The van der Waals surface area contributed by atoms with Crippen LogP contribution in [0.25, 0.3) is 0 Å².